The van der Waals surface area contributed by atoms with E-state index in [-0.39, 0.29) is 41.1 Å². The summed E-state index contributed by atoms with van der Waals surface area (Å²) in [5.41, 5.74) is 2.31. The van der Waals surface area contributed by atoms with E-state index in [1.165, 1.54) is 52.4 Å². The van der Waals surface area contributed by atoms with Crippen molar-refractivity contribution in [3.8, 4) is 17.2 Å². The van der Waals surface area contributed by atoms with Crippen LogP contribution in [0.4, 0.5) is 17.1 Å². The number of carbonyl (C=O) groups excluding carboxylic acids is 1. The van der Waals surface area contributed by atoms with Gasteiger partial charge in [-0.1, -0.05) is 59.7 Å². The molecule has 2 atom stereocenters. The number of amides is 1. The topological polar surface area (TPSA) is 93.0 Å². The van der Waals surface area contributed by atoms with E-state index in [1.54, 1.807) is 12.1 Å². The summed E-state index contributed by atoms with van der Waals surface area (Å²) in [6.45, 7) is 8.67. The molecule has 7 heteroatoms. The lowest BCUT2D eigenvalue weighted by Crippen LogP contribution is -2.30. The standard InChI is InChI=1S/C29H37IN2O4/c1-4-21(11-6-9-20(3)18-30)10-5-8-19(2)14-15-32-24-16-22(33)17-26(35)28(24)31-27-23(29(32)36)12-7-13-25(27)34/h4,7,12-14,16-17,20-21,31,33-35H,1,5-6,8-11,15,18H2,2-3H3/b19-14+. The van der Waals surface area contributed by atoms with Crippen LogP contribution in [0.2, 0.25) is 0 Å². The van der Waals surface area contributed by atoms with E-state index in [2.05, 4.69) is 54.4 Å². The fraction of sp³-hybridized carbons (Fsp3) is 0.414. The molecule has 6 nitrogen and oxygen atoms in total. The van der Waals surface area contributed by atoms with Crippen LogP contribution in [0.5, 0.6) is 17.2 Å². The Kier molecular flexibility index (Phi) is 10.1. The molecule has 2 unspecified atom stereocenters. The highest BCUT2D eigenvalue weighted by Gasteiger charge is 2.30. The van der Waals surface area contributed by atoms with Crippen molar-refractivity contribution in [2.75, 3.05) is 21.2 Å². The Hall–Kier alpha value is -2.68. The van der Waals surface area contributed by atoms with Crippen molar-refractivity contribution in [2.24, 2.45) is 11.8 Å². The number of phenols is 3. The molecule has 194 valence electrons. The van der Waals surface area contributed by atoms with Gasteiger partial charge in [-0.2, -0.15) is 0 Å². The maximum absolute atomic E-state index is 13.5. The van der Waals surface area contributed by atoms with Gasteiger partial charge in [0, 0.05) is 23.1 Å². The van der Waals surface area contributed by atoms with Gasteiger partial charge in [-0.3, -0.25) is 4.79 Å². The first-order valence-electron chi connectivity index (χ1n) is 12.6. The quantitative estimate of drug-likeness (QED) is 0.0656. The van der Waals surface area contributed by atoms with E-state index >= 15 is 0 Å². The molecule has 36 heavy (non-hydrogen) atoms. The smallest absolute Gasteiger partial charge is 0.260 e. The van der Waals surface area contributed by atoms with Crippen molar-refractivity contribution in [3.63, 3.8) is 0 Å². The van der Waals surface area contributed by atoms with E-state index in [4.69, 9.17) is 0 Å². The molecule has 0 saturated carbocycles. The third-order valence-corrected chi connectivity index (χ3v) is 8.28. The number of anilines is 3. The maximum Gasteiger partial charge on any atom is 0.260 e. The minimum Gasteiger partial charge on any atom is -0.508 e. The summed E-state index contributed by atoms with van der Waals surface area (Å²) in [5.74, 6) is 0.526. The Labute approximate surface area is 227 Å². The number of rotatable bonds is 12. The molecule has 4 N–H and O–H groups in total. The van der Waals surface area contributed by atoms with Gasteiger partial charge in [0.2, 0.25) is 0 Å². The van der Waals surface area contributed by atoms with Crippen molar-refractivity contribution < 1.29 is 20.1 Å². The van der Waals surface area contributed by atoms with Gasteiger partial charge in [0.25, 0.3) is 5.91 Å². The second-order valence-electron chi connectivity index (χ2n) is 9.73. The molecule has 0 aromatic heterocycles. The molecule has 0 saturated heterocycles. The summed E-state index contributed by atoms with van der Waals surface area (Å²) in [6, 6.07) is 7.38. The van der Waals surface area contributed by atoms with E-state index < -0.39 is 0 Å². The number of hydrogen-bond acceptors (Lipinski definition) is 5. The summed E-state index contributed by atoms with van der Waals surface area (Å²) >= 11 is 2.45. The van der Waals surface area contributed by atoms with Crippen molar-refractivity contribution in [3.05, 3.63) is 60.2 Å². The Morgan fingerprint density at radius 3 is 2.58 bits per heavy atom. The molecular formula is C29H37IN2O4. The van der Waals surface area contributed by atoms with E-state index in [9.17, 15) is 20.1 Å². The third-order valence-electron chi connectivity index (χ3n) is 6.78. The molecule has 1 aliphatic rings. The first-order chi connectivity index (χ1) is 17.2. The molecule has 0 aliphatic carbocycles. The van der Waals surface area contributed by atoms with Crippen molar-refractivity contribution in [2.45, 2.75) is 52.4 Å². The first kappa shape index (κ1) is 27.9. The van der Waals surface area contributed by atoms with Gasteiger partial charge in [0.1, 0.15) is 22.9 Å². The minimum atomic E-state index is -0.325. The van der Waals surface area contributed by atoms with Gasteiger partial charge in [-0.05, 0) is 63.0 Å². The highest BCUT2D eigenvalue weighted by atomic mass is 127. The fourth-order valence-corrected chi connectivity index (χ4v) is 4.97. The maximum atomic E-state index is 13.5. The number of halogens is 1. The summed E-state index contributed by atoms with van der Waals surface area (Å²) in [7, 11) is 0. The molecule has 0 bridgehead atoms. The van der Waals surface area contributed by atoms with Crippen LogP contribution in [-0.2, 0) is 0 Å². The van der Waals surface area contributed by atoms with Crippen molar-refractivity contribution in [1.29, 1.82) is 0 Å². The number of para-hydroxylation sites is 1. The highest BCUT2D eigenvalue weighted by molar-refractivity contribution is 14.1. The zero-order valence-electron chi connectivity index (χ0n) is 21.1. The monoisotopic (exact) mass is 604 g/mol. The Morgan fingerprint density at radius 2 is 1.86 bits per heavy atom. The molecule has 1 amide bonds. The number of benzene rings is 2. The lowest BCUT2D eigenvalue weighted by atomic mass is 9.93. The summed E-state index contributed by atoms with van der Waals surface area (Å²) in [5, 5.41) is 33.9. The highest BCUT2D eigenvalue weighted by Crippen LogP contribution is 2.45. The number of phenolic OH excluding ortho intramolecular Hbond substituents is 3. The number of fused-ring (bicyclic) bond motifs is 2. The number of nitrogens with one attached hydrogen (secondary N) is 1. The van der Waals surface area contributed by atoms with Crippen LogP contribution >= 0.6 is 22.6 Å². The van der Waals surface area contributed by atoms with Crippen molar-refractivity contribution in [1.82, 2.24) is 0 Å². The summed E-state index contributed by atoms with van der Waals surface area (Å²) in [6.07, 6.45) is 10.8. The zero-order valence-corrected chi connectivity index (χ0v) is 23.3. The average molecular weight is 605 g/mol. The second kappa shape index (κ2) is 13.0. The van der Waals surface area contributed by atoms with E-state index in [0.29, 0.717) is 17.2 Å². The lowest BCUT2D eigenvalue weighted by molar-refractivity contribution is 0.0991. The van der Waals surface area contributed by atoms with Gasteiger partial charge >= 0.3 is 0 Å². The molecule has 3 rings (SSSR count). The Morgan fingerprint density at radius 1 is 1.11 bits per heavy atom. The summed E-state index contributed by atoms with van der Waals surface area (Å²) in [4.78, 5) is 15.0. The van der Waals surface area contributed by atoms with Crippen LogP contribution < -0.4 is 10.2 Å². The molecule has 0 fully saturated rings. The van der Waals surface area contributed by atoms with Crippen LogP contribution in [0, 0.1) is 11.8 Å². The fourth-order valence-electron chi connectivity index (χ4n) is 4.53. The number of aromatic hydroxyl groups is 3. The van der Waals surface area contributed by atoms with Gasteiger partial charge in [-0.25, -0.2) is 0 Å². The molecule has 0 spiro atoms. The Balaban J connectivity index is 1.70. The van der Waals surface area contributed by atoms with Crippen LogP contribution in [0.1, 0.15) is 62.7 Å². The molecular weight excluding hydrogens is 567 g/mol. The predicted molar refractivity (Wildman–Crippen MR) is 156 cm³/mol. The molecule has 0 radical (unpaired) electrons. The largest absolute Gasteiger partial charge is 0.508 e. The van der Waals surface area contributed by atoms with Gasteiger partial charge in [0.15, 0.2) is 0 Å². The SMILES string of the molecule is C=CC(CCC/C(C)=C/CN1C(=O)c2cccc(O)c2Nc2c(O)cc(O)cc21)CCCC(C)CI. The minimum absolute atomic E-state index is 0.0895. The van der Waals surface area contributed by atoms with Gasteiger partial charge in [0.05, 0.1) is 16.9 Å². The molecule has 2 aromatic carbocycles. The molecule has 2 aromatic rings. The molecule has 1 heterocycles. The third kappa shape index (κ3) is 6.96. The Bertz CT molecular complexity index is 1110. The first-order valence-corrected chi connectivity index (χ1v) is 14.1. The number of allylic oxidation sites excluding steroid dienone is 2. The normalized spacial score (nSPS) is 14.9. The molecule has 1 aliphatic heterocycles. The van der Waals surface area contributed by atoms with E-state index in [0.717, 1.165) is 25.2 Å². The van der Waals surface area contributed by atoms with Crippen LogP contribution in [0.25, 0.3) is 0 Å². The summed E-state index contributed by atoms with van der Waals surface area (Å²) < 4.78 is 1.20. The van der Waals surface area contributed by atoms with Gasteiger partial charge in [-0.15, -0.1) is 6.58 Å². The van der Waals surface area contributed by atoms with Crippen LogP contribution in [0.3, 0.4) is 0 Å². The predicted octanol–water partition coefficient (Wildman–Crippen LogP) is 7.67. The van der Waals surface area contributed by atoms with Gasteiger partial charge < -0.3 is 25.5 Å². The number of carbonyl (C=O) groups is 1. The number of hydrogen-bond donors (Lipinski definition) is 4. The average Bonchev–Trinajstić information content (AvgIpc) is 2.96. The van der Waals surface area contributed by atoms with E-state index in [1.807, 2.05) is 6.08 Å². The number of nitrogens with zero attached hydrogens (tertiary/aromatic N) is 1. The lowest BCUT2D eigenvalue weighted by Gasteiger charge is -2.22. The second-order valence-corrected chi connectivity index (χ2v) is 10.6. The number of alkyl halides is 1. The zero-order chi connectivity index (χ0) is 26.2. The van der Waals surface area contributed by atoms with Crippen molar-refractivity contribution >= 4 is 45.6 Å². The van der Waals surface area contributed by atoms with Crippen LogP contribution in [0.15, 0.2) is 54.6 Å². The van der Waals surface area contributed by atoms with Crippen LogP contribution in [-0.4, -0.2) is 32.2 Å².